The Morgan fingerprint density at radius 3 is 2.20 bits per heavy atom. The fourth-order valence-electron chi connectivity index (χ4n) is 3.16. The third-order valence-corrected chi connectivity index (χ3v) is 5.02. The molecule has 1 aliphatic rings. The molecule has 2 amide bonds. The van der Waals surface area contributed by atoms with Crippen molar-refractivity contribution in [2.45, 2.75) is 19.0 Å². The number of piperidine rings is 1. The molecule has 0 saturated carbocycles. The number of rotatable bonds is 5. The van der Waals surface area contributed by atoms with E-state index >= 15 is 0 Å². The topological polar surface area (TPSA) is 58.6 Å². The van der Waals surface area contributed by atoms with E-state index in [1.807, 2.05) is 0 Å². The molecule has 1 heterocycles. The molecule has 0 unspecified atom stereocenters. The Morgan fingerprint density at radius 1 is 1.03 bits per heavy atom. The van der Waals surface area contributed by atoms with Crippen LogP contribution in [0.25, 0.3) is 0 Å². The maximum atomic E-state index is 12.5. The Kier molecular flexibility index (Phi) is 6.87. The SMILES string of the molecule is O=C(Nc1ccc(OCC(F)(F)F)cc1)C1CCN(C(=O)c2ccc(Cl)cc2)CC1. The summed E-state index contributed by atoms with van der Waals surface area (Å²) in [5, 5.41) is 3.32. The highest BCUT2D eigenvalue weighted by molar-refractivity contribution is 6.30. The van der Waals surface area contributed by atoms with Gasteiger partial charge in [-0.2, -0.15) is 13.2 Å². The number of anilines is 1. The molecule has 0 atom stereocenters. The number of ether oxygens (including phenoxy) is 1. The highest BCUT2D eigenvalue weighted by Crippen LogP contribution is 2.23. The van der Waals surface area contributed by atoms with Crippen molar-refractivity contribution in [3.8, 4) is 5.75 Å². The Labute approximate surface area is 176 Å². The molecule has 0 radical (unpaired) electrons. The second-order valence-corrected chi connectivity index (χ2v) is 7.43. The molecule has 1 saturated heterocycles. The summed E-state index contributed by atoms with van der Waals surface area (Å²) >= 11 is 5.84. The van der Waals surface area contributed by atoms with Crippen molar-refractivity contribution in [3.63, 3.8) is 0 Å². The van der Waals surface area contributed by atoms with E-state index in [4.69, 9.17) is 11.6 Å². The molecule has 2 aromatic carbocycles. The first-order valence-corrected chi connectivity index (χ1v) is 9.74. The first-order valence-electron chi connectivity index (χ1n) is 9.36. The third kappa shape index (κ3) is 6.13. The van der Waals surface area contributed by atoms with Crippen LogP contribution in [0.15, 0.2) is 48.5 Å². The Bertz CT molecular complexity index is 878. The molecule has 30 heavy (non-hydrogen) atoms. The summed E-state index contributed by atoms with van der Waals surface area (Å²) in [6.45, 7) is -0.445. The molecule has 2 aromatic rings. The molecule has 160 valence electrons. The number of hydrogen-bond donors (Lipinski definition) is 1. The minimum atomic E-state index is -4.41. The molecular formula is C21H20ClF3N2O3. The number of alkyl halides is 3. The van der Waals surface area contributed by atoms with Gasteiger partial charge >= 0.3 is 6.18 Å². The molecule has 0 aliphatic carbocycles. The van der Waals surface area contributed by atoms with Gasteiger partial charge in [-0.05, 0) is 61.4 Å². The second-order valence-electron chi connectivity index (χ2n) is 6.99. The van der Waals surface area contributed by atoms with Crippen LogP contribution in [0, 0.1) is 5.92 Å². The zero-order chi connectivity index (χ0) is 21.7. The predicted molar refractivity (Wildman–Crippen MR) is 107 cm³/mol. The number of benzene rings is 2. The predicted octanol–water partition coefficient (Wildman–Crippen LogP) is 4.77. The van der Waals surface area contributed by atoms with Crippen molar-refractivity contribution in [1.29, 1.82) is 0 Å². The van der Waals surface area contributed by atoms with E-state index in [1.54, 1.807) is 29.2 Å². The fraction of sp³-hybridized carbons (Fsp3) is 0.333. The van der Waals surface area contributed by atoms with Crippen molar-refractivity contribution < 1.29 is 27.5 Å². The summed E-state index contributed by atoms with van der Waals surface area (Å²) in [6.07, 6.45) is -3.35. The largest absolute Gasteiger partial charge is 0.484 e. The molecule has 1 aliphatic heterocycles. The van der Waals surface area contributed by atoms with Gasteiger partial charge in [0.2, 0.25) is 5.91 Å². The van der Waals surface area contributed by atoms with Gasteiger partial charge in [0, 0.05) is 35.3 Å². The lowest BCUT2D eigenvalue weighted by atomic mass is 9.95. The summed E-state index contributed by atoms with van der Waals surface area (Å²) in [4.78, 5) is 26.7. The normalized spacial score (nSPS) is 15.0. The number of nitrogens with one attached hydrogen (secondary N) is 1. The summed E-state index contributed by atoms with van der Waals surface area (Å²) in [7, 11) is 0. The smallest absolute Gasteiger partial charge is 0.422 e. The number of carbonyl (C=O) groups excluding carboxylic acids is 2. The van der Waals surface area contributed by atoms with Gasteiger partial charge in [-0.3, -0.25) is 9.59 Å². The first-order chi connectivity index (χ1) is 14.2. The number of hydrogen-bond acceptors (Lipinski definition) is 3. The summed E-state index contributed by atoms with van der Waals surface area (Å²) < 4.78 is 41.2. The van der Waals surface area contributed by atoms with Gasteiger partial charge in [-0.15, -0.1) is 0 Å². The van der Waals surface area contributed by atoms with E-state index < -0.39 is 12.8 Å². The van der Waals surface area contributed by atoms with E-state index in [0.717, 1.165) is 0 Å². The quantitative estimate of drug-likeness (QED) is 0.728. The zero-order valence-corrected chi connectivity index (χ0v) is 16.7. The summed E-state index contributed by atoms with van der Waals surface area (Å²) in [6, 6.07) is 12.4. The summed E-state index contributed by atoms with van der Waals surface area (Å²) in [5.41, 5.74) is 1.02. The maximum absolute atomic E-state index is 12.5. The molecule has 0 bridgehead atoms. The Morgan fingerprint density at radius 2 is 1.63 bits per heavy atom. The van der Waals surface area contributed by atoms with Crippen LogP contribution in [-0.4, -0.2) is 42.6 Å². The van der Waals surface area contributed by atoms with Crippen molar-refractivity contribution in [3.05, 3.63) is 59.1 Å². The lowest BCUT2D eigenvalue weighted by Crippen LogP contribution is -2.41. The molecule has 1 N–H and O–H groups in total. The lowest BCUT2D eigenvalue weighted by Gasteiger charge is -2.31. The monoisotopic (exact) mass is 440 g/mol. The van der Waals surface area contributed by atoms with E-state index in [-0.39, 0.29) is 23.5 Å². The van der Waals surface area contributed by atoms with Gasteiger partial charge in [0.1, 0.15) is 5.75 Å². The van der Waals surface area contributed by atoms with Gasteiger partial charge < -0.3 is 15.0 Å². The number of likely N-dealkylation sites (tertiary alicyclic amines) is 1. The van der Waals surface area contributed by atoms with Crippen molar-refractivity contribution in [1.82, 2.24) is 4.90 Å². The molecule has 5 nitrogen and oxygen atoms in total. The van der Waals surface area contributed by atoms with Gasteiger partial charge in [-0.1, -0.05) is 11.6 Å². The van der Waals surface area contributed by atoms with Crippen LogP contribution in [0.4, 0.5) is 18.9 Å². The van der Waals surface area contributed by atoms with Crippen LogP contribution in [0.2, 0.25) is 5.02 Å². The number of halogens is 4. The van der Waals surface area contributed by atoms with Crippen LogP contribution >= 0.6 is 11.6 Å². The highest BCUT2D eigenvalue weighted by atomic mass is 35.5. The van der Waals surface area contributed by atoms with Crippen LogP contribution in [0.5, 0.6) is 5.75 Å². The van der Waals surface area contributed by atoms with Crippen molar-refractivity contribution in [2.24, 2.45) is 5.92 Å². The lowest BCUT2D eigenvalue weighted by molar-refractivity contribution is -0.153. The van der Waals surface area contributed by atoms with Gasteiger partial charge in [-0.25, -0.2) is 0 Å². The number of amides is 2. The number of nitrogens with zero attached hydrogens (tertiary/aromatic N) is 1. The molecule has 1 fully saturated rings. The van der Waals surface area contributed by atoms with Gasteiger partial charge in [0.15, 0.2) is 6.61 Å². The average Bonchev–Trinajstić information content (AvgIpc) is 2.73. The molecule has 3 rings (SSSR count). The average molecular weight is 441 g/mol. The second kappa shape index (κ2) is 9.38. The van der Waals surface area contributed by atoms with E-state index in [1.165, 1.54) is 24.3 Å². The molecular weight excluding hydrogens is 421 g/mol. The third-order valence-electron chi connectivity index (χ3n) is 4.77. The van der Waals surface area contributed by atoms with E-state index in [0.29, 0.717) is 42.2 Å². The maximum Gasteiger partial charge on any atom is 0.422 e. The van der Waals surface area contributed by atoms with Gasteiger partial charge in [0.25, 0.3) is 5.91 Å². The minimum Gasteiger partial charge on any atom is -0.484 e. The van der Waals surface area contributed by atoms with Crippen LogP contribution in [-0.2, 0) is 4.79 Å². The zero-order valence-electron chi connectivity index (χ0n) is 15.9. The minimum absolute atomic E-state index is 0.0688. The Balaban J connectivity index is 1.48. The highest BCUT2D eigenvalue weighted by Gasteiger charge is 2.29. The fourth-order valence-corrected chi connectivity index (χ4v) is 3.29. The molecule has 0 spiro atoms. The van der Waals surface area contributed by atoms with E-state index in [9.17, 15) is 22.8 Å². The van der Waals surface area contributed by atoms with Crippen molar-refractivity contribution >= 4 is 29.1 Å². The first kappa shape index (κ1) is 22.0. The summed E-state index contributed by atoms with van der Waals surface area (Å²) in [5.74, 6) is -0.461. The van der Waals surface area contributed by atoms with Crippen LogP contribution in [0.1, 0.15) is 23.2 Å². The van der Waals surface area contributed by atoms with Crippen molar-refractivity contribution in [2.75, 3.05) is 25.0 Å². The Hall–Kier alpha value is -2.74. The molecule has 9 heteroatoms. The van der Waals surface area contributed by atoms with Gasteiger partial charge in [0.05, 0.1) is 0 Å². The molecule has 0 aromatic heterocycles. The van der Waals surface area contributed by atoms with Crippen LogP contribution < -0.4 is 10.1 Å². The van der Waals surface area contributed by atoms with E-state index in [2.05, 4.69) is 10.1 Å². The number of carbonyl (C=O) groups is 2. The standard InChI is InChI=1S/C21H20ClF3N2O3/c22-16-3-1-15(2-4-16)20(29)27-11-9-14(10-12-27)19(28)26-17-5-7-18(8-6-17)30-13-21(23,24)25/h1-8,14H,9-13H2,(H,26,28). The van der Waals surface area contributed by atoms with Crippen LogP contribution in [0.3, 0.4) is 0 Å².